The summed E-state index contributed by atoms with van der Waals surface area (Å²) in [6.45, 7) is 2.94. The van der Waals surface area contributed by atoms with Crippen molar-refractivity contribution in [3.8, 4) is 0 Å². The largest absolute Gasteiger partial charge is 0.399 e. The molecule has 0 radical (unpaired) electrons. The average molecular weight is 263 g/mol. The molecule has 0 aliphatic rings. The Hall–Kier alpha value is -0.640. The van der Waals surface area contributed by atoms with Gasteiger partial charge < -0.3 is 16.2 Å². The highest BCUT2D eigenvalue weighted by molar-refractivity contribution is 6.39. The van der Waals surface area contributed by atoms with E-state index >= 15 is 0 Å². The number of benzene rings is 1. The predicted molar refractivity (Wildman–Crippen MR) is 70.2 cm³/mol. The molecule has 0 spiro atoms. The van der Waals surface area contributed by atoms with Crippen molar-refractivity contribution in [1.29, 1.82) is 0 Å². The van der Waals surface area contributed by atoms with Crippen molar-refractivity contribution in [3.63, 3.8) is 0 Å². The molecule has 0 amide bonds. The van der Waals surface area contributed by atoms with Crippen molar-refractivity contribution in [2.45, 2.75) is 13.3 Å². The zero-order valence-electron chi connectivity index (χ0n) is 9.13. The van der Waals surface area contributed by atoms with Gasteiger partial charge in [0, 0.05) is 18.8 Å². The van der Waals surface area contributed by atoms with Crippen LogP contribution in [0.15, 0.2) is 12.1 Å². The third-order valence-electron chi connectivity index (χ3n) is 2.31. The Morgan fingerprint density at radius 3 is 2.44 bits per heavy atom. The first-order valence-electron chi connectivity index (χ1n) is 5.13. The molecule has 1 aromatic carbocycles. The zero-order valence-corrected chi connectivity index (χ0v) is 10.6. The number of halogens is 2. The van der Waals surface area contributed by atoms with Crippen LogP contribution in [0.25, 0.3) is 0 Å². The van der Waals surface area contributed by atoms with Crippen molar-refractivity contribution < 1.29 is 5.11 Å². The van der Waals surface area contributed by atoms with E-state index in [-0.39, 0.29) is 6.61 Å². The van der Waals surface area contributed by atoms with Crippen molar-refractivity contribution in [3.05, 3.63) is 22.2 Å². The van der Waals surface area contributed by atoms with Crippen LogP contribution < -0.4 is 11.1 Å². The van der Waals surface area contributed by atoms with Crippen molar-refractivity contribution in [2.75, 3.05) is 24.2 Å². The van der Waals surface area contributed by atoms with E-state index in [9.17, 15) is 0 Å². The van der Waals surface area contributed by atoms with Crippen LogP contribution in [-0.2, 0) is 0 Å². The summed E-state index contributed by atoms with van der Waals surface area (Å²) in [5.74, 6) is 0.356. The van der Waals surface area contributed by atoms with Gasteiger partial charge in [-0.2, -0.15) is 0 Å². The first kappa shape index (κ1) is 13.4. The van der Waals surface area contributed by atoms with Gasteiger partial charge in [-0.25, -0.2) is 0 Å². The number of nitrogen functional groups attached to an aromatic ring is 1. The SMILES string of the molecule is CC(CCO)CNc1c(Cl)cc(N)cc1Cl. The summed E-state index contributed by atoms with van der Waals surface area (Å²) in [5, 5.41) is 13.0. The fraction of sp³-hybridized carbons (Fsp3) is 0.455. The summed E-state index contributed by atoms with van der Waals surface area (Å²) in [6, 6.07) is 3.32. The molecule has 0 aliphatic carbocycles. The molecular formula is C11H16Cl2N2O. The Kier molecular flexibility index (Phi) is 5.19. The maximum absolute atomic E-state index is 8.78. The second-order valence-electron chi connectivity index (χ2n) is 3.86. The minimum absolute atomic E-state index is 0.187. The van der Waals surface area contributed by atoms with Crippen LogP contribution in [0.3, 0.4) is 0 Å². The third kappa shape index (κ3) is 3.74. The highest BCUT2D eigenvalue weighted by atomic mass is 35.5. The van der Waals surface area contributed by atoms with Crippen LogP contribution in [0.5, 0.6) is 0 Å². The molecule has 1 unspecified atom stereocenters. The highest BCUT2D eigenvalue weighted by Gasteiger charge is 2.08. The van der Waals surface area contributed by atoms with Crippen LogP contribution in [0, 0.1) is 5.92 Å². The standard InChI is InChI=1S/C11H16Cl2N2O/c1-7(2-3-16)6-15-11-9(12)4-8(14)5-10(11)13/h4-5,7,15-16H,2-3,6,14H2,1H3. The van der Waals surface area contributed by atoms with Gasteiger partial charge in [0.25, 0.3) is 0 Å². The fourth-order valence-corrected chi connectivity index (χ4v) is 2.00. The Morgan fingerprint density at radius 1 is 1.38 bits per heavy atom. The number of hydrogen-bond donors (Lipinski definition) is 3. The quantitative estimate of drug-likeness (QED) is 0.716. The van der Waals surface area contributed by atoms with E-state index in [1.165, 1.54) is 0 Å². The van der Waals surface area contributed by atoms with Gasteiger partial charge in [0.05, 0.1) is 15.7 Å². The van der Waals surface area contributed by atoms with Gasteiger partial charge in [-0.15, -0.1) is 0 Å². The second kappa shape index (κ2) is 6.18. The van der Waals surface area contributed by atoms with Gasteiger partial charge in [0.15, 0.2) is 0 Å². The summed E-state index contributed by atoms with van der Waals surface area (Å²) in [7, 11) is 0. The number of hydrogen-bond acceptors (Lipinski definition) is 3. The van der Waals surface area contributed by atoms with Crippen LogP contribution in [0.1, 0.15) is 13.3 Å². The van der Waals surface area contributed by atoms with E-state index in [1.54, 1.807) is 12.1 Å². The molecule has 4 N–H and O–H groups in total. The van der Waals surface area contributed by atoms with E-state index in [4.69, 9.17) is 34.0 Å². The molecule has 0 fully saturated rings. The number of aliphatic hydroxyl groups excluding tert-OH is 1. The molecule has 0 saturated heterocycles. The minimum atomic E-state index is 0.187. The van der Waals surface area contributed by atoms with Crippen molar-refractivity contribution in [2.24, 2.45) is 5.92 Å². The summed E-state index contributed by atoms with van der Waals surface area (Å²) in [6.07, 6.45) is 0.747. The summed E-state index contributed by atoms with van der Waals surface area (Å²) < 4.78 is 0. The zero-order chi connectivity index (χ0) is 12.1. The van der Waals surface area contributed by atoms with Gasteiger partial charge in [-0.3, -0.25) is 0 Å². The lowest BCUT2D eigenvalue weighted by Gasteiger charge is -2.15. The number of anilines is 2. The molecule has 90 valence electrons. The third-order valence-corrected chi connectivity index (χ3v) is 2.91. The molecular weight excluding hydrogens is 247 g/mol. The maximum atomic E-state index is 8.78. The van der Waals surface area contributed by atoms with E-state index < -0.39 is 0 Å². The second-order valence-corrected chi connectivity index (χ2v) is 4.67. The molecule has 1 aromatic rings. The lowest BCUT2D eigenvalue weighted by Crippen LogP contribution is -2.13. The Bertz CT molecular complexity index is 335. The van der Waals surface area contributed by atoms with Gasteiger partial charge in [0.2, 0.25) is 0 Å². The molecule has 1 atom stereocenters. The summed E-state index contributed by atoms with van der Waals surface area (Å²) >= 11 is 12.0. The van der Waals surface area contributed by atoms with E-state index in [1.807, 2.05) is 6.92 Å². The molecule has 0 aromatic heterocycles. The van der Waals surface area contributed by atoms with Crippen LogP contribution >= 0.6 is 23.2 Å². The number of nitrogens with two attached hydrogens (primary N) is 1. The van der Waals surface area contributed by atoms with Gasteiger partial charge in [-0.1, -0.05) is 30.1 Å². The molecule has 1 rings (SSSR count). The monoisotopic (exact) mass is 262 g/mol. The Labute approximate surface area is 106 Å². The van der Waals surface area contributed by atoms with Crippen LogP contribution in [-0.4, -0.2) is 18.3 Å². The van der Waals surface area contributed by atoms with E-state index in [2.05, 4.69) is 5.32 Å². The summed E-state index contributed by atoms with van der Waals surface area (Å²) in [4.78, 5) is 0. The average Bonchev–Trinajstić information content (AvgIpc) is 2.16. The molecule has 0 saturated carbocycles. The topological polar surface area (TPSA) is 58.3 Å². The lowest BCUT2D eigenvalue weighted by atomic mass is 10.1. The minimum Gasteiger partial charge on any atom is -0.399 e. The van der Waals surface area contributed by atoms with Crippen LogP contribution in [0.4, 0.5) is 11.4 Å². The first-order chi connectivity index (χ1) is 7.54. The molecule has 0 heterocycles. The van der Waals surface area contributed by atoms with Gasteiger partial charge >= 0.3 is 0 Å². The van der Waals surface area contributed by atoms with E-state index in [0.29, 0.717) is 33.9 Å². The van der Waals surface area contributed by atoms with Gasteiger partial charge in [-0.05, 0) is 24.5 Å². The number of nitrogens with one attached hydrogen (secondary N) is 1. The molecule has 16 heavy (non-hydrogen) atoms. The maximum Gasteiger partial charge on any atom is 0.0720 e. The predicted octanol–water partition coefficient (Wildman–Crippen LogP) is 3.01. The van der Waals surface area contributed by atoms with Crippen LogP contribution in [0.2, 0.25) is 10.0 Å². The first-order valence-corrected chi connectivity index (χ1v) is 5.89. The highest BCUT2D eigenvalue weighted by Crippen LogP contribution is 2.32. The molecule has 3 nitrogen and oxygen atoms in total. The summed E-state index contributed by atoms with van der Waals surface area (Å²) in [5.41, 5.74) is 6.84. The smallest absolute Gasteiger partial charge is 0.0720 e. The molecule has 0 aliphatic heterocycles. The molecule has 0 bridgehead atoms. The Balaban J connectivity index is 2.67. The van der Waals surface area contributed by atoms with Crippen molar-refractivity contribution >= 4 is 34.6 Å². The fourth-order valence-electron chi connectivity index (χ4n) is 1.36. The molecule has 5 heteroatoms. The van der Waals surface area contributed by atoms with E-state index in [0.717, 1.165) is 6.42 Å². The van der Waals surface area contributed by atoms with Gasteiger partial charge in [0.1, 0.15) is 0 Å². The Morgan fingerprint density at radius 2 is 1.94 bits per heavy atom. The normalized spacial score (nSPS) is 12.5. The number of rotatable bonds is 5. The number of aliphatic hydroxyl groups is 1. The van der Waals surface area contributed by atoms with Crippen molar-refractivity contribution in [1.82, 2.24) is 0 Å². The lowest BCUT2D eigenvalue weighted by molar-refractivity contribution is 0.266.